The Labute approximate surface area is 109 Å². The molecule has 1 atom stereocenters. The predicted molar refractivity (Wildman–Crippen MR) is 73.8 cm³/mol. The van der Waals surface area contributed by atoms with Gasteiger partial charge in [0.25, 0.3) is 0 Å². The first-order chi connectivity index (χ1) is 8.72. The Morgan fingerprint density at radius 3 is 2.72 bits per heavy atom. The highest BCUT2D eigenvalue weighted by molar-refractivity contribution is 5.95. The maximum Gasteiger partial charge on any atom is 0.241 e. The first-order valence-corrected chi connectivity index (χ1v) is 6.42. The minimum absolute atomic E-state index is 0.185. The van der Waals surface area contributed by atoms with Crippen LogP contribution in [-0.2, 0) is 4.79 Å². The van der Waals surface area contributed by atoms with Crippen LogP contribution in [0, 0.1) is 0 Å². The van der Waals surface area contributed by atoms with Crippen LogP contribution in [0.3, 0.4) is 0 Å². The lowest BCUT2D eigenvalue weighted by molar-refractivity contribution is -0.122. The lowest BCUT2D eigenvalue weighted by atomic mass is 10.1. The second-order valence-corrected chi connectivity index (χ2v) is 4.80. The molecule has 1 aliphatic rings. The van der Waals surface area contributed by atoms with E-state index in [0.717, 1.165) is 25.2 Å². The summed E-state index contributed by atoms with van der Waals surface area (Å²) in [5.74, 6) is 0.185. The number of nitrogens with one attached hydrogen (secondary N) is 1. The van der Waals surface area contributed by atoms with Crippen molar-refractivity contribution in [2.24, 2.45) is 0 Å². The van der Waals surface area contributed by atoms with Crippen molar-refractivity contribution in [2.75, 3.05) is 38.6 Å². The first kappa shape index (κ1) is 13.1. The van der Waals surface area contributed by atoms with Crippen molar-refractivity contribution in [3.8, 4) is 0 Å². The molecule has 1 saturated heterocycles. The number of piperazine rings is 1. The molecule has 4 nitrogen and oxygen atoms in total. The molecule has 1 aromatic carbocycles. The van der Waals surface area contributed by atoms with Crippen LogP contribution in [0.4, 0.5) is 5.69 Å². The number of hydrogen-bond donors (Lipinski definition) is 1. The van der Waals surface area contributed by atoms with E-state index in [0.29, 0.717) is 12.6 Å². The van der Waals surface area contributed by atoms with Crippen LogP contribution in [-0.4, -0.2) is 50.6 Å². The highest BCUT2D eigenvalue weighted by Gasteiger charge is 2.29. The minimum Gasteiger partial charge on any atom is -0.320 e. The maximum absolute atomic E-state index is 12.1. The molecule has 1 aromatic rings. The zero-order valence-corrected chi connectivity index (χ0v) is 11.1. The average molecular weight is 247 g/mol. The molecule has 1 heterocycles. The van der Waals surface area contributed by atoms with Gasteiger partial charge in [0.05, 0.1) is 6.54 Å². The van der Waals surface area contributed by atoms with Gasteiger partial charge >= 0.3 is 0 Å². The van der Waals surface area contributed by atoms with Crippen molar-refractivity contribution in [3.05, 3.63) is 30.3 Å². The fourth-order valence-corrected chi connectivity index (χ4v) is 2.36. The molecule has 2 rings (SSSR count). The molecular weight excluding hydrogens is 226 g/mol. The number of nitrogens with zero attached hydrogens (tertiary/aromatic N) is 2. The molecule has 0 bridgehead atoms. The molecule has 0 saturated carbocycles. The van der Waals surface area contributed by atoms with Gasteiger partial charge in [-0.25, -0.2) is 0 Å². The summed E-state index contributed by atoms with van der Waals surface area (Å²) in [7, 11) is 3.99. The van der Waals surface area contributed by atoms with Crippen molar-refractivity contribution in [1.82, 2.24) is 10.2 Å². The van der Waals surface area contributed by atoms with Crippen LogP contribution in [0.15, 0.2) is 30.3 Å². The van der Waals surface area contributed by atoms with Gasteiger partial charge in [0.1, 0.15) is 0 Å². The van der Waals surface area contributed by atoms with E-state index in [-0.39, 0.29) is 5.91 Å². The second-order valence-electron chi connectivity index (χ2n) is 4.80. The molecule has 0 aromatic heterocycles. The molecule has 18 heavy (non-hydrogen) atoms. The SMILES string of the molecule is CNCCC1CN(c2ccccc2)C(=O)CN1C. The van der Waals surface area contributed by atoms with Crippen molar-refractivity contribution in [2.45, 2.75) is 12.5 Å². The lowest BCUT2D eigenvalue weighted by Gasteiger charge is -2.39. The Bertz CT molecular complexity index is 393. The Balaban J connectivity index is 2.09. The number of amides is 1. The standard InChI is InChI=1S/C14H21N3O/c1-15-9-8-13-10-17(14(18)11-16(13)2)12-6-4-3-5-7-12/h3-7,13,15H,8-11H2,1-2H3. The summed E-state index contributed by atoms with van der Waals surface area (Å²) in [6.45, 7) is 2.26. The van der Waals surface area contributed by atoms with Gasteiger partial charge < -0.3 is 10.2 Å². The molecule has 0 spiro atoms. The van der Waals surface area contributed by atoms with E-state index in [1.807, 2.05) is 49.3 Å². The highest BCUT2D eigenvalue weighted by atomic mass is 16.2. The fraction of sp³-hybridized carbons (Fsp3) is 0.500. The molecule has 1 amide bonds. The zero-order valence-electron chi connectivity index (χ0n) is 11.1. The average Bonchev–Trinajstić information content (AvgIpc) is 2.39. The third-order valence-corrected chi connectivity index (χ3v) is 3.50. The summed E-state index contributed by atoms with van der Waals surface area (Å²) in [6, 6.07) is 10.3. The van der Waals surface area contributed by atoms with Crippen molar-refractivity contribution in [1.29, 1.82) is 0 Å². The van der Waals surface area contributed by atoms with Gasteiger partial charge in [0.2, 0.25) is 5.91 Å². The van der Waals surface area contributed by atoms with E-state index in [4.69, 9.17) is 0 Å². The van der Waals surface area contributed by atoms with E-state index in [9.17, 15) is 4.79 Å². The molecule has 98 valence electrons. The van der Waals surface area contributed by atoms with Gasteiger partial charge in [-0.05, 0) is 39.2 Å². The van der Waals surface area contributed by atoms with Gasteiger partial charge in [-0.1, -0.05) is 18.2 Å². The smallest absolute Gasteiger partial charge is 0.241 e. The van der Waals surface area contributed by atoms with E-state index < -0.39 is 0 Å². The largest absolute Gasteiger partial charge is 0.320 e. The number of anilines is 1. The molecule has 4 heteroatoms. The van der Waals surface area contributed by atoms with Gasteiger partial charge in [-0.3, -0.25) is 9.69 Å². The Morgan fingerprint density at radius 1 is 1.33 bits per heavy atom. The molecule has 1 aliphatic heterocycles. The van der Waals surface area contributed by atoms with Crippen molar-refractivity contribution >= 4 is 11.6 Å². The molecule has 0 radical (unpaired) electrons. The predicted octanol–water partition coefficient (Wildman–Crippen LogP) is 0.943. The van der Waals surface area contributed by atoms with E-state index in [2.05, 4.69) is 10.2 Å². The third kappa shape index (κ3) is 2.89. The fourth-order valence-electron chi connectivity index (χ4n) is 2.36. The van der Waals surface area contributed by atoms with Crippen LogP contribution < -0.4 is 10.2 Å². The second kappa shape index (κ2) is 5.98. The molecular formula is C14H21N3O. The quantitative estimate of drug-likeness (QED) is 0.860. The normalized spacial score (nSPS) is 21.3. The number of benzene rings is 1. The maximum atomic E-state index is 12.1. The van der Waals surface area contributed by atoms with Gasteiger partial charge in [-0.2, -0.15) is 0 Å². The molecule has 1 unspecified atom stereocenters. The lowest BCUT2D eigenvalue weighted by Crippen LogP contribution is -2.55. The summed E-state index contributed by atoms with van der Waals surface area (Å²) in [6.07, 6.45) is 1.06. The summed E-state index contributed by atoms with van der Waals surface area (Å²) in [4.78, 5) is 16.1. The number of carbonyl (C=O) groups is 1. The molecule has 1 N–H and O–H groups in total. The Morgan fingerprint density at radius 2 is 2.06 bits per heavy atom. The Hall–Kier alpha value is -1.39. The topological polar surface area (TPSA) is 35.6 Å². The van der Waals surface area contributed by atoms with Gasteiger partial charge in [0.15, 0.2) is 0 Å². The summed E-state index contributed by atoms with van der Waals surface area (Å²) >= 11 is 0. The number of likely N-dealkylation sites (N-methyl/N-ethyl adjacent to an activating group) is 1. The van der Waals surface area contributed by atoms with E-state index in [1.54, 1.807) is 0 Å². The number of carbonyl (C=O) groups excluding carboxylic acids is 1. The van der Waals surface area contributed by atoms with Crippen LogP contribution in [0.25, 0.3) is 0 Å². The number of rotatable bonds is 4. The van der Waals surface area contributed by atoms with E-state index in [1.165, 1.54) is 0 Å². The number of hydrogen-bond acceptors (Lipinski definition) is 3. The van der Waals surface area contributed by atoms with Crippen LogP contribution in [0.2, 0.25) is 0 Å². The Kier molecular flexibility index (Phi) is 4.33. The van der Waals surface area contributed by atoms with Gasteiger partial charge in [0, 0.05) is 18.3 Å². The van der Waals surface area contributed by atoms with E-state index >= 15 is 0 Å². The summed E-state index contributed by atoms with van der Waals surface area (Å²) in [5, 5.41) is 3.17. The number of para-hydroxylation sites is 1. The first-order valence-electron chi connectivity index (χ1n) is 6.42. The van der Waals surface area contributed by atoms with Crippen LogP contribution >= 0.6 is 0 Å². The molecule has 1 fully saturated rings. The van der Waals surface area contributed by atoms with Crippen molar-refractivity contribution in [3.63, 3.8) is 0 Å². The summed E-state index contributed by atoms with van der Waals surface area (Å²) in [5.41, 5.74) is 1.00. The van der Waals surface area contributed by atoms with Crippen LogP contribution in [0.1, 0.15) is 6.42 Å². The monoisotopic (exact) mass is 247 g/mol. The zero-order chi connectivity index (χ0) is 13.0. The highest BCUT2D eigenvalue weighted by Crippen LogP contribution is 2.20. The summed E-state index contributed by atoms with van der Waals surface area (Å²) < 4.78 is 0. The third-order valence-electron chi connectivity index (χ3n) is 3.50. The van der Waals surface area contributed by atoms with Crippen molar-refractivity contribution < 1.29 is 4.79 Å². The minimum atomic E-state index is 0.185. The van der Waals surface area contributed by atoms with Gasteiger partial charge in [-0.15, -0.1) is 0 Å². The molecule has 0 aliphatic carbocycles. The van der Waals surface area contributed by atoms with Crippen LogP contribution in [0.5, 0.6) is 0 Å².